The van der Waals surface area contributed by atoms with E-state index in [-0.39, 0.29) is 0 Å². The molecule has 0 atom stereocenters. The van der Waals surface area contributed by atoms with Crippen LogP contribution in [-0.4, -0.2) is 46.2 Å². The first-order valence-corrected chi connectivity index (χ1v) is 10.0. The maximum atomic E-state index is 5.58. The largest absolute Gasteiger partial charge is 0.339 e. The number of aromatic nitrogens is 3. The first-order valence-electron chi connectivity index (χ1n) is 10.0. The Hall–Kier alpha value is -1.79. The third-order valence-corrected chi connectivity index (χ3v) is 5.61. The van der Waals surface area contributed by atoms with Crippen molar-refractivity contribution >= 4 is 0 Å². The molecule has 1 N–H and O–H groups in total. The van der Waals surface area contributed by atoms with Gasteiger partial charge in [0.25, 0.3) is 0 Å². The summed E-state index contributed by atoms with van der Waals surface area (Å²) in [5.74, 6) is 1.45. The monoisotopic (exact) mass is 355 g/mol. The molecule has 2 aliphatic rings. The lowest BCUT2D eigenvalue weighted by Crippen LogP contribution is -2.29. The summed E-state index contributed by atoms with van der Waals surface area (Å²) in [5.41, 5.74) is 4.64. The Bertz CT molecular complexity index is 734. The van der Waals surface area contributed by atoms with Gasteiger partial charge < -0.3 is 14.7 Å². The van der Waals surface area contributed by atoms with Crippen LogP contribution in [0.25, 0.3) is 11.4 Å². The fraction of sp³-hybridized carbons (Fsp3) is 0.650. The molecule has 0 bridgehead atoms. The molecule has 0 amide bonds. The number of nitrogens with one attached hydrogen (secondary N) is 1. The Morgan fingerprint density at radius 3 is 2.81 bits per heavy atom. The smallest absolute Gasteiger partial charge is 0.228 e. The highest BCUT2D eigenvalue weighted by Crippen LogP contribution is 2.28. The Balaban J connectivity index is 1.46. The molecule has 4 rings (SSSR count). The molecule has 0 spiro atoms. The van der Waals surface area contributed by atoms with E-state index < -0.39 is 0 Å². The van der Waals surface area contributed by atoms with Crippen molar-refractivity contribution in [2.75, 3.05) is 26.2 Å². The maximum absolute atomic E-state index is 5.58. The molecule has 6 heteroatoms. The van der Waals surface area contributed by atoms with Crippen molar-refractivity contribution in [3.8, 4) is 11.4 Å². The predicted molar refractivity (Wildman–Crippen MR) is 101 cm³/mol. The number of aryl methyl sites for hydroxylation is 1. The van der Waals surface area contributed by atoms with Gasteiger partial charge in [0.1, 0.15) is 0 Å². The molecule has 1 saturated heterocycles. The zero-order valence-electron chi connectivity index (χ0n) is 15.8. The van der Waals surface area contributed by atoms with Crippen LogP contribution in [0.5, 0.6) is 0 Å². The molecular formula is C20H29N5O. The van der Waals surface area contributed by atoms with Gasteiger partial charge in [-0.3, -0.25) is 4.98 Å². The molecule has 26 heavy (non-hydrogen) atoms. The minimum Gasteiger partial charge on any atom is -0.339 e. The summed E-state index contributed by atoms with van der Waals surface area (Å²) in [6, 6.07) is 0. The molecule has 140 valence electrons. The third-order valence-electron chi connectivity index (χ3n) is 5.61. The number of nitrogens with zero attached hydrogens (tertiary/aromatic N) is 4. The van der Waals surface area contributed by atoms with E-state index in [1.54, 1.807) is 0 Å². The standard InChI is InChI=1S/C20H29N5O/c1-15-19(17-7-9-21-13-16(17)14-22-15)20-23-18(26-24-20)8-12-25-10-5-3-2-4-6-11-25/h14,21H,2-13H2,1H3. The Morgan fingerprint density at radius 1 is 1.15 bits per heavy atom. The number of rotatable bonds is 4. The SMILES string of the molecule is Cc1ncc2c(c1-c1noc(CCN3CCCCCCC3)n1)CCNC2. The van der Waals surface area contributed by atoms with Gasteiger partial charge in [0.05, 0.1) is 0 Å². The number of hydrogen-bond donors (Lipinski definition) is 1. The molecule has 0 aliphatic carbocycles. The number of hydrogen-bond acceptors (Lipinski definition) is 6. The molecule has 1 fully saturated rings. The third kappa shape index (κ3) is 3.96. The molecule has 0 unspecified atom stereocenters. The van der Waals surface area contributed by atoms with E-state index in [2.05, 4.69) is 20.4 Å². The van der Waals surface area contributed by atoms with Crippen molar-refractivity contribution < 1.29 is 4.52 Å². The lowest BCUT2D eigenvalue weighted by Gasteiger charge is -2.23. The van der Waals surface area contributed by atoms with Crippen LogP contribution >= 0.6 is 0 Å². The average Bonchev–Trinajstić information content (AvgIpc) is 3.09. The van der Waals surface area contributed by atoms with Crippen LogP contribution in [0.15, 0.2) is 10.7 Å². The first kappa shape index (κ1) is 17.6. The Kier molecular flexibility index (Phi) is 5.60. The van der Waals surface area contributed by atoms with Crippen molar-refractivity contribution in [2.45, 2.75) is 58.4 Å². The van der Waals surface area contributed by atoms with E-state index in [1.165, 1.54) is 56.3 Å². The Labute approximate surface area is 155 Å². The second-order valence-electron chi connectivity index (χ2n) is 7.52. The summed E-state index contributed by atoms with van der Waals surface area (Å²) in [4.78, 5) is 11.8. The zero-order valence-corrected chi connectivity index (χ0v) is 15.8. The zero-order chi connectivity index (χ0) is 17.8. The molecule has 2 aliphatic heterocycles. The van der Waals surface area contributed by atoms with Crippen LogP contribution in [-0.2, 0) is 19.4 Å². The molecule has 6 nitrogen and oxygen atoms in total. The second kappa shape index (κ2) is 8.27. The van der Waals surface area contributed by atoms with Crippen molar-refractivity contribution in [1.82, 2.24) is 25.3 Å². The van der Waals surface area contributed by atoms with E-state index in [9.17, 15) is 0 Å². The summed E-state index contributed by atoms with van der Waals surface area (Å²) in [5, 5.41) is 7.69. The van der Waals surface area contributed by atoms with E-state index >= 15 is 0 Å². The van der Waals surface area contributed by atoms with Crippen LogP contribution in [0.4, 0.5) is 0 Å². The van der Waals surface area contributed by atoms with E-state index in [0.717, 1.165) is 49.6 Å². The summed E-state index contributed by atoms with van der Waals surface area (Å²) in [7, 11) is 0. The van der Waals surface area contributed by atoms with Crippen LogP contribution in [0.1, 0.15) is 54.8 Å². The maximum Gasteiger partial charge on any atom is 0.228 e. The number of likely N-dealkylation sites (tertiary alicyclic amines) is 1. The predicted octanol–water partition coefficient (Wildman–Crippen LogP) is 2.89. The normalized spacial score (nSPS) is 19.0. The van der Waals surface area contributed by atoms with Gasteiger partial charge in [0.15, 0.2) is 0 Å². The van der Waals surface area contributed by atoms with Gasteiger partial charge in [-0.05, 0) is 56.9 Å². The highest BCUT2D eigenvalue weighted by molar-refractivity contribution is 5.64. The van der Waals surface area contributed by atoms with Gasteiger partial charge in [-0.1, -0.05) is 24.4 Å². The van der Waals surface area contributed by atoms with Crippen LogP contribution in [0.2, 0.25) is 0 Å². The molecular weight excluding hydrogens is 326 g/mol. The van der Waals surface area contributed by atoms with Gasteiger partial charge >= 0.3 is 0 Å². The first-order chi connectivity index (χ1) is 12.8. The number of pyridine rings is 1. The van der Waals surface area contributed by atoms with Gasteiger partial charge in [0, 0.05) is 37.0 Å². The van der Waals surface area contributed by atoms with E-state index in [0.29, 0.717) is 5.82 Å². The molecule has 0 radical (unpaired) electrons. The minimum absolute atomic E-state index is 0.705. The molecule has 2 aromatic rings. The Morgan fingerprint density at radius 2 is 1.96 bits per heavy atom. The van der Waals surface area contributed by atoms with Crippen molar-refractivity contribution in [2.24, 2.45) is 0 Å². The van der Waals surface area contributed by atoms with Crippen molar-refractivity contribution in [3.63, 3.8) is 0 Å². The van der Waals surface area contributed by atoms with Crippen LogP contribution in [0.3, 0.4) is 0 Å². The fourth-order valence-corrected chi connectivity index (χ4v) is 4.12. The summed E-state index contributed by atoms with van der Waals surface area (Å²) in [6.07, 6.45) is 10.5. The summed E-state index contributed by atoms with van der Waals surface area (Å²) < 4.78 is 5.58. The fourth-order valence-electron chi connectivity index (χ4n) is 4.12. The highest BCUT2D eigenvalue weighted by atomic mass is 16.5. The molecule has 2 aromatic heterocycles. The lowest BCUT2D eigenvalue weighted by atomic mass is 9.95. The molecule has 0 aromatic carbocycles. The highest BCUT2D eigenvalue weighted by Gasteiger charge is 2.21. The van der Waals surface area contributed by atoms with Gasteiger partial charge in [-0.25, -0.2) is 0 Å². The van der Waals surface area contributed by atoms with E-state index in [4.69, 9.17) is 9.51 Å². The number of fused-ring (bicyclic) bond motifs is 1. The topological polar surface area (TPSA) is 67.1 Å². The van der Waals surface area contributed by atoms with Crippen molar-refractivity contribution in [3.05, 3.63) is 28.9 Å². The molecule has 0 saturated carbocycles. The molecule has 4 heterocycles. The second-order valence-corrected chi connectivity index (χ2v) is 7.52. The minimum atomic E-state index is 0.705. The lowest BCUT2D eigenvalue weighted by molar-refractivity contribution is 0.240. The van der Waals surface area contributed by atoms with Crippen LogP contribution < -0.4 is 5.32 Å². The van der Waals surface area contributed by atoms with Gasteiger partial charge in [0.2, 0.25) is 11.7 Å². The van der Waals surface area contributed by atoms with Crippen LogP contribution in [0, 0.1) is 6.92 Å². The summed E-state index contributed by atoms with van der Waals surface area (Å²) >= 11 is 0. The van der Waals surface area contributed by atoms with Gasteiger partial charge in [-0.2, -0.15) is 4.98 Å². The van der Waals surface area contributed by atoms with Gasteiger partial charge in [-0.15, -0.1) is 0 Å². The quantitative estimate of drug-likeness (QED) is 0.910. The summed E-state index contributed by atoms with van der Waals surface area (Å²) in [6.45, 7) is 7.30. The van der Waals surface area contributed by atoms with Crippen molar-refractivity contribution in [1.29, 1.82) is 0 Å². The van der Waals surface area contributed by atoms with E-state index in [1.807, 2.05) is 13.1 Å². The average molecular weight is 355 g/mol.